The van der Waals surface area contributed by atoms with E-state index in [1.807, 2.05) is 18.2 Å². The summed E-state index contributed by atoms with van der Waals surface area (Å²) >= 11 is 0. The zero-order valence-corrected chi connectivity index (χ0v) is 13.5. The average Bonchev–Trinajstić information content (AvgIpc) is 3.06. The number of piperazine rings is 1. The van der Waals surface area contributed by atoms with E-state index in [9.17, 15) is 9.59 Å². The summed E-state index contributed by atoms with van der Waals surface area (Å²) in [6.07, 6.45) is 1.43. The molecule has 24 heavy (non-hydrogen) atoms. The van der Waals surface area contributed by atoms with Crippen LogP contribution < -0.4 is 5.69 Å². The number of aromatic amines is 2. The van der Waals surface area contributed by atoms with E-state index in [2.05, 4.69) is 27.0 Å². The van der Waals surface area contributed by atoms with Crippen molar-refractivity contribution in [2.24, 2.45) is 0 Å². The van der Waals surface area contributed by atoms with Gasteiger partial charge >= 0.3 is 5.69 Å². The lowest BCUT2D eigenvalue weighted by Crippen LogP contribution is -2.49. The van der Waals surface area contributed by atoms with Gasteiger partial charge in [-0.25, -0.2) is 4.79 Å². The first kappa shape index (κ1) is 16.5. The molecule has 3 rings (SSSR count). The topological polar surface area (TPSA) is 81.4 Å². The lowest BCUT2D eigenvalue weighted by Gasteiger charge is -2.34. The van der Waals surface area contributed by atoms with Crippen LogP contribution in [-0.4, -0.2) is 65.0 Å². The number of ether oxygens (including phenoxy) is 1. The number of aromatic nitrogens is 2. The van der Waals surface area contributed by atoms with Crippen LogP contribution in [-0.2, 0) is 11.3 Å². The van der Waals surface area contributed by atoms with Crippen molar-refractivity contribution in [2.45, 2.75) is 6.61 Å². The van der Waals surface area contributed by atoms with Crippen molar-refractivity contribution in [1.82, 2.24) is 19.8 Å². The Morgan fingerprint density at radius 1 is 1.12 bits per heavy atom. The molecule has 2 heterocycles. The minimum Gasteiger partial charge on any atom is -0.375 e. The maximum Gasteiger partial charge on any atom is 0.323 e. The number of nitrogens with one attached hydrogen (secondary N) is 2. The molecule has 7 nitrogen and oxygen atoms in total. The van der Waals surface area contributed by atoms with Gasteiger partial charge in [-0.3, -0.25) is 9.69 Å². The van der Waals surface area contributed by atoms with E-state index in [0.29, 0.717) is 32.0 Å². The zero-order chi connectivity index (χ0) is 16.8. The third kappa shape index (κ3) is 4.33. The third-order valence-corrected chi connectivity index (χ3v) is 4.15. The molecule has 0 saturated carbocycles. The van der Waals surface area contributed by atoms with Crippen molar-refractivity contribution in [1.29, 1.82) is 0 Å². The van der Waals surface area contributed by atoms with Crippen LogP contribution in [0.1, 0.15) is 16.1 Å². The van der Waals surface area contributed by atoms with Gasteiger partial charge in [0, 0.05) is 38.9 Å². The van der Waals surface area contributed by atoms with Crippen LogP contribution in [0.25, 0.3) is 0 Å². The van der Waals surface area contributed by atoms with E-state index in [1.54, 1.807) is 4.90 Å². The minimum atomic E-state index is -0.354. The minimum absolute atomic E-state index is 0.131. The fourth-order valence-electron chi connectivity index (χ4n) is 2.75. The zero-order valence-electron chi connectivity index (χ0n) is 13.5. The summed E-state index contributed by atoms with van der Waals surface area (Å²) in [6.45, 7) is 5.10. The second kappa shape index (κ2) is 7.94. The first-order valence-corrected chi connectivity index (χ1v) is 8.13. The monoisotopic (exact) mass is 330 g/mol. The second-order valence-electron chi connectivity index (χ2n) is 5.83. The highest BCUT2D eigenvalue weighted by molar-refractivity contribution is 5.92. The molecule has 1 aromatic carbocycles. The van der Waals surface area contributed by atoms with E-state index >= 15 is 0 Å². The number of amides is 1. The van der Waals surface area contributed by atoms with Crippen LogP contribution >= 0.6 is 0 Å². The standard InChI is InChI=1S/C17H22N4O3/c22-16(15-12-18-17(23)19-15)21-8-6-20(7-9-21)10-11-24-13-14-4-2-1-3-5-14/h1-5,12H,6-11,13H2,(H2,18,19,23). The molecular formula is C17H22N4O3. The van der Waals surface area contributed by atoms with E-state index in [4.69, 9.17) is 4.74 Å². The number of H-pyrrole nitrogens is 2. The molecule has 1 aliphatic heterocycles. The van der Waals surface area contributed by atoms with Crippen LogP contribution in [0.4, 0.5) is 0 Å². The Morgan fingerprint density at radius 3 is 2.54 bits per heavy atom. The Hall–Kier alpha value is -2.38. The highest BCUT2D eigenvalue weighted by Gasteiger charge is 2.22. The van der Waals surface area contributed by atoms with Crippen molar-refractivity contribution >= 4 is 5.91 Å². The first-order chi connectivity index (χ1) is 11.7. The van der Waals surface area contributed by atoms with Crippen molar-refractivity contribution in [3.63, 3.8) is 0 Å². The van der Waals surface area contributed by atoms with Crippen molar-refractivity contribution in [3.05, 3.63) is 58.3 Å². The van der Waals surface area contributed by atoms with Crippen LogP contribution in [0.2, 0.25) is 0 Å². The number of carbonyl (C=O) groups excluding carboxylic acids is 1. The quantitative estimate of drug-likeness (QED) is 0.763. The molecule has 0 aliphatic carbocycles. The fraction of sp³-hybridized carbons (Fsp3) is 0.412. The SMILES string of the molecule is O=C(c1c[nH]c(=O)[nH]1)N1CCN(CCOCc2ccccc2)CC1. The number of imidazole rings is 1. The van der Waals surface area contributed by atoms with E-state index in [0.717, 1.165) is 19.6 Å². The lowest BCUT2D eigenvalue weighted by atomic mass is 10.2. The second-order valence-corrected chi connectivity index (χ2v) is 5.83. The molecule has 0 radical (unpaired) electrons. The van der Waals surface area contributed by atoms with Crippen LogP contribution in [0.3, 0.4) is 0 Å². The predicted octanol–water partition coefficient (Wildman–Crippen LogP) is 0.678. The lowest BCUT2D eigenvalue weighted by molar-refractivity contribution is 0.0524. The van der Waals surface area contributed by atoms with Gasteiger partial charge in [0.05, 0.1) is 13.2 Å². The van der Waals surface area contributed by atoms with Gasteiger partial charge in [0.15, 0.2) is 0 Å². The molecule has 0 spiro atoms. The summed E-state index contributed by atoms with van der Waals surface area (Å²) < 4.78 is 5.70. The molecule has 0 atom stereocenters. The van der Waals surface area contributed by atoms with Crippen molar-refractivity contribution in [2.75, 3.05) is 39.3 Å². The van der Waals surface area contributed by atoms with Crippen molar-refractivity contribution < 1.29 is 9.53 Å². The number of rotatable bonds is 6. The Bertz CT molecular complexity index is 702. The molecule has 2 N–H and O–H groups in total. The Morgan fingerprint density at radius 2 is 1.88 bits per heavy atom. The normalized spacial score (nSPS) is 15.6. The molecule has 1 amide bonds. The summed E-state index contributed by atoms with van der Waals surface area (Å²) in [5.41, 5.74) is 1.14. The Kier molecular flexibility index (Phi) is 5.45. The predicted molar refractivity (Wildman–Crippen MR) is 89.9 cm³/mol. The third-order valence-electron chi connectivity index (χ3n) is 4.15. The molecule has 1 aromatic heterocycles. The number of nitrogens with zero attached hydrogens (tertiary/aromatic N) is 2. The van der Waals surface area contributed by atoms with Crippen LogP contribution in [0.15, 0.2) is 41.3 Å². The summed E-state index contributed by atoms with van der Waals surface area (Å²) in [5.74, 6) is -0.131. The highest BCUT2D eigenvalue weighted by Crippen LogP contribution is 2.06. The maximum absolute atomic E-state index is 12.2. The first-order valence-electron chi connectivity index (χ1n) is 8.13. The largest absolute Gasteiger partial charge is 0.375 e. The van der Waals surface area contributed by atoms with Gasteiger partial charge in [0.1, 0.15) is 5.69 Å². The molecule has 1 fully saturated rings. The number of hydrogen-bond donors (Lipinski definition) is 2. The molecular weight excluding hydrogens is 308 g/mol. The van der Waals surface area contributed by atoms with Gasteiger partial charge in [-0.05, 0) is 5.56 Å². The molecule has 0 bridgehead atoms. The summed E-state index contributed by atoms with van der Waals surface area (Å²) in [5, 5.41) is 0. The van der Waals surface area contributed by atoms with E-state index in [-0.39, 0.29) is 11.6 Å². The summed E-state index contributed by atoms with van der Waals surface area (Å²) in [6, 6.07) is 10.1. The number of hydrogen-bond acceptors (Lipinski definition) is 4. The molecule has 7 heteroatoms. The van der Waals surface area contributed by atoms with Gasteiger partial charge in [-0.1, -0.05) is 30.3 Å². The fourth-order valence-corrected chi connectivity index (χ4v) is 2.75. The summed E-state index contributed by atoms with van der Waals surface area (Å²) in [7, 11) is 0. The molecule has 1 saturated heterocycles. The smallest absolute Gasteiger partial charge is 0.323 e. The molecule has 2 aromatic rings. The molecule has 0 unspecified atom stereocenters. The number of carbonyl (C=O) groups is 1. The van der Waals surface area contributed by atoms with Gasteiger partial charge in [0.2, 0.25) is 0 Å². The van der Waals surface area contributed by atoms with Crippen molar-refractivity contribution in [3.8, 4) is 0 Å². The maximum atomic E-state index is 12.2. The van der Waals surface area contributed by atoms with E-state index in [1.165, 1.54) is 11.8 Å². The van der Waals surface area contributed by atoms with Gasteiger partial charge < -0.3 is 19.6 Å². The molecule has 1 aliphatic rings. The van der Waals surface area contributed by atoms with Gasteiger partial charge in [-0.15, -0.1) is 0 Å². The molecule has 128 valence electrons. The summed E-state index contributed by atoms with van der Waals surface area (Å²) in [4.78, 5) is 32.3. The van der Waals surface area contributed by atoms with E-state index < -0.39 is 0 Å². The highest BCUT2D eigenvalue weighted by atomic mass is 16.5. The Labute approximate surface area is 140 Å². The van der Waals surface area contributed by atoms with Gasteiger partial charge in [0.25, 0.3) is 5.91 Å². The van der Waals surface area contributed by atoms with Crippen LogP contribution in [0, 0.1) is 0 Å². The van der Waals surface area contributed by atoms with Crippen LogP contribution in [0.5, 0.6) is 0 Å². The average molecular weight is 330 g/mol. The number of benzene rings is 1. The Balaban J connectivity index is 1.36. The van der Waals surface area contributed by atoms with Gasteiger partial charge in [-0.2, -0.15) is 0 Å².